The van der Waals surface area contributed by atoms with Gasteiger partial charge in [0.25, 0.3) is 0 Å². The number of benzene rings is 1. The average Bonchev–Trinajstić information content (AvgIpc) is 2.25. The summed E-state index contributed by atoms with van der Waals surface area (Å²) in [5.41, 5.74) is 7.68. The minimum Gasteiger partial charge on any atom is -0.497 e. The summed E-state index contributed by atoms with van der Waals surface area (Å²) in [6.45, 7) is -0.110. The summed E-state index contributed by atoms with van der Waals surface area (Å²) in [6, 6.07) is 4.47. The topological polar surface area (TPSA) is 73.6 Å². The van der Waals surface area contributed by atoms with Crippen LogP contribution >= 0.6 is 0 Å². The smallest absolute Gasteiger partial charge is 0.245 e. The highest BCUT2D eigenvalue weighted by Gasteiger charge is 2.03. The molecule has 6 heteroatoms. The van der Waals surface area contributed by atoms with E-state index in [1.807, 2.05) is 0 Å². The summed E-state index contributed by atoms with van der Waals surface area (Å²) in [6.07, 6.45) is 0. The van der Waals surface area contributed by atoms with Crippen LogP contribution in [0.1, 0.15) is 5.56 Å². The van der Waals surface area contributed by atoms with Crippen molar-refractivity contribution >= 4 is 5.91 Å². The fourth-order valence-corrected chi connectivity index (χ4v) is 1.05. The lowest BCUT2D eigenvalue weighted by Crippen LogP contribution is -2.24. The average molecular weight is 228 g/mol. The Morgan fingerprint density at radius 3 is 2.88 bits per heavy atom. The van der Waals surface area contributed by atoms with Crippen molar-refractivity contribution in [2.45, 2.75) is 6.54 Å². The van der Waals surface area contributed by atoms with Gasteiger partial charge in [0.1, 0.15) is 18.2 Å². The van der Waals surface area contributed by atoms with E-state index in [9.17, 15) is 9.18 Å². The van der Waals surface area contributed by atoms with Crippen molar-refractivity contribution in [2.75, 3.05) is 13.7 Å². The van der Waals surface area contributed by atoms with Crippen LogP contribution in [0.3, 0.4) is 0 Å². The molecule has 3 N–H and O–H groups in total. The third kappa shape index (κ3) is 3.84. The first kappa shape index (κ1) is 12.4. The number of nitrogens with one attached hydrogen (secondary N) is 1. The van der Waals surface area contributed by atoms with Crippen LogP contribution in [0.4, 0.5) is 4.39 Å². The van der Waals surface area contributed by atoms with Crippen molar-refractivity contribution in [3.8, 4) is 5.75 Å². The predicted molar refractivity (Wildman–Crippen MR) is 54.9 cm³/mol. The fraction of sp³-hybridized carbons (Fsp3) is 0.300. The number of halogens is 1. The molecule has 0 spiro atoms. The third-order valence-electron chi connectivity index (χ3n) is 1.84. The number of carbonyl (C=O) groups is 1. The van der Waals surface area contributed by atoms with E-state index < -0.39 is 11.7 Å². The molecule has 1 aromatic carbocycles. The Bertz CT molecular complexity index is 371. The van der Waals surface area contributed by atoms with E-state index in [4.69, 9.17) is 10.5 Å². The molecule has 1 amide bonds. The lowest BCUT2D eigenvalue weighted by molar-refractivity contribution is -0.125. The molecule has 88 valence electrons. The molecule has 0 unspecified atom stereocenters. The zero-order chi connectivity index (χ0) is 12.0. The number of carbonyl (C=O) groups excluding carboxylic acids is 1. The maximum absolute atomic E-state index is 13.4. The van der Waals surface area contributed by atoms with E-state index in [-0.39, 0.29) is 13.2 Å². The van der Waals surface area contributed by atoms with E-state index in [0.29, 0.717) is 11.3 Å². The SMILES string of the molecule is COc1ccc(CNOCC(N)=O)c(F)c1. The van der Waals surface area contributed by atoms with Gasteiger partial charge in [-0.15, -0.1) is 0 Å². The number of ether oxygens (including phenoxy) is 1. The minimum absolute atomic E-state index is 0.142. The summed E-state index contributed by atoms with van der Waals surface area (Å²) in [5.74, 6) is -0.559. The summed E-state index contributed by atoms with van der Waals surface area (Å²) in [7, 11) is 1.46. The minimum atomic E-state index is -0.595. The third-order valence-corrected chi connectivity index (χ3v) is 1.84. The first-order valence-electron chi connectivity index (χ1n) is 4.59. The Balaban J connectivity index is 2.45. The summed E-state index contributed by atoms with van der Waals surface area (Å²) < 4.78 is 18.2. The van der Waals surface area contributed by atoms with Gasteiger partial charge in [-0.3, -0.25) is 9.63 Å². The van der Waals surface area contributed by atoms with Crippen LogP contribution in [-0.4, -0.2) is 19.6 Å². The summed E-state index contributed by atoms with van der Waals surface area (Å²) in [5, 5.41) is 0. The molecule has 1 rings (SSSR count). The van der Waals surface area contributed by atoms with Crippen LogP contribution in [0.25, 0.3) is 0 Å². The van der Waals surface area contributed by atoms with Crippen molar-refractivity contribution in [2.24, 2.45) is 5.73 Å². The number of amides is 1. The van der Waals surface area contributed by atoms with Gasteiger partial charge < -0.3 is 10.5 Å². The Morgan fingerprint density at radius 1 is 1.56 bits per heavy atom. The first-order chi connectivity index (χ1) is 7.63. The van der Waals surface area contributed by atoms with Gasteiger partial charge in [0.2, 0.25) is 5.91 Å². The molecule has 0 heterocycles. The van der Waals surface area contributed by atoms with Crippen LogP contribution in [0, 0.1) is 5.82 Å². The van der Waals surface area contributed by atoms with Crippen LogP contribution in [0.5, 0.6) is 5.75 Å². The summed E-state index contributed by atoms with van der Waals surface area (Å²) >= 11 is 0. The van der Waals surface area contributed by atoms with E-state index >= 15 is 0 Å². The second kappa shape index (κ2) is 6.04. The van der Waals surface area contributed by atoms with Crippen molar-refractivity contribution in [1.29, 1.82) is 0 Å². The molecule has 0 radical (unpaired) electrons. The van der Waals surface area contributed by atoms with E-state index in [2.05, 4.69) is 10.3 Å². The summed E-state index contributed by atoms with van der Waals surface area (Å²) in [4.78, 5) is 15.0. The second-order valence-electron chi connectivity index (χ2n) is 3.03. The number of methoxy groups -OCH3 is 1. The molecule has 0 saturated carbocycles. The normalized spacial score (nSPS) is 10.1. The Labute approximate surface area is 92.3 Å². The second-order valence-corrected chi connectivity index (χ2v) is 3.03. The van der Waals surface area contributed by atoms with Crippen LogP contribution in [0.15, 0.2) is 18.2 Å². The lowest BCUT2D eigenvalue weighted by atomic mass is 10.2. The van der Waals surface area contributed by atoms with Gasteiger partial charge in [-0.25, -0.2) is 4.39 Å². The van der Waals surface area contributed by atoms with Gasteiger partial charge in [0, 0.05) is 18.2 Å². The largest absolute Gasteiger partial charge is 0.497 e. The van der Waals surface area contributed by atoms with E-state index in [1.54, 1.807) is 12.1 Å². The van der Waals surface area contributed by atoms with E-state index in [0.717, 1.165) is 0 Å². The van der Waals surface area contributed by atoms with Crippen LogP contribution in [0.2, 0.25) is 0 Å². The Hall–Kier alpha value is -1.66. The van der Waals surface area contributed by atoms with Crippen molar-refractivity contribution in [3.05, 3.63) is 29.6 Å². The van der Waals surface area contributed by atoms with Crippen LogP contribution < -0.4 is 16.0 Å². The number of rotatable bonds is 6. The molecule has 0 aliphatic carbocycles. The molecular weight excluding hydrogens is 215 g/mol. The van der Waals surface area contributed by atoms with Crippen molar-refractivity contribution < 1.29 is 18.8 Å². The molecule has 0 aromatic heterocycles. The number of hydroxylamine groups is 1. The molecule has 0 aliphatic heterocycles. The van der Waals surface area contributed by atoms with Crippen molar-refractivity contribution in [1.82, 2.24) is 5.48 Å². The number of hydrogen-bond donors (Lipinski definition) is 2. The van der Waals surface area contributed by atoms with Gasteiger partial charge in [0.05, 0.1) is 7.11 Å². The fourth-order valence-electron chi connectivity index (χ4n) is 1.05. The molecule has 0 aliphatic rings. The maximum Gasteiger partial charge on any atom is 0.245 e. The zero-order valence-corrected chi connectivity index (χ0v) is 8.83. The molecule has 16 heavy (non-hydrogen) atoms. The Kier molecular flexibility index (Phi) is 4.68. The number of primary amides is 1. The highest BCUT2D eigenvalue weighted by molar-refractivity contribution is 5.74. The van der Waals surface area contributed by atoms with E-state index in [1.165, 1.54) is 13.2 Å². The predicted octanol–water partition coefficient (Wildman–Crippen LogP) is 0.341. The van der Waals surface area contributed by atoms with Gasteiger partial charge in [-0.05, 0) is 6.07 Å². The van der Waals surface area contributed by atoms with Gasteiger partial charge in [-0.2, -0.15) is 5.48 Å². The van der Waals surface area contributed by atoms with Crippen LogP contribution in [-0.2, 0) is 16.2 Å². The monoisotopic (exact) mass is 228 g/mol. The molecule has 0 bridgehead atoms. The highest BCUT2D eigenvalue weighted by Crippen LogP contribution is 2.15. The highest BCUT2D eigenvalue weighted by atomic mass is 19.1. The maximum atomic E-state index is 13.4. The first-order valence-corrected chi connectivity index (χ1v) is 4.59. The Morgan fingerprint density at radius 2 is 2.31 bits per heavy atom. The molecule has 0 fully saturated rings. The number of nitrogens with two attached hydrogens (primary N) is 1. The molecular formula is C10H13FN2O3. The lowest BCUT2D eigenvalue weighted by Gasteiger charge is -2.06. The molecule has 0 atom stereocenters. The number of hydrogen-bond acceptors (Lipinski definition) is 4. The standard InChI is InChI=1S/C10H13FN2O3/c1-15-8-3-2-7(9(11)4-8)5-13-16-6-10(12)14/h2-4,13H,5-6H2,1H3,(H2,12,14). The van der Waals surface area contributed by atoms with Gasteiger partial charge in [-0.1, -0.05) is 6.07 Å². The molecule has 0 saturated heterocycles. The van der Waals surface area contributed by atoms with Gasteiger partial charge >= 0.3 is 0 Å². The quantitative estimate of drug-likeness (QED) is 0.544. The molecule has 1 aromatic rings. The van der Waals surface area contributed by atoms with Gasteiger partial charge in [0.15, 0.2) is 0 Å². The zero-order valence-electron chi connectivity index (χ0n) is 8.83. The molecule has 5 nitrogen and oxygen atoms in total. The van der Waals surface area contributed by atoms with Crippen molar-refractivity contribution in [3.63, 3.8) is 0 Å².